The number of benzene rings is 2. The lowest BCUT2D eigenvalue weighted by atomic mass is 9.98. The molecule has 15 heteroatoms. The predicted octanol–water partition coefficient (Wildman–Crippen LogP) is 4.03. The van der Waals surface area contributed by atoms with E-state index >= 15 is 0 Å². The second-order valence-corrected chi connectivity index (χ2v) is 16.5. The minimum Gasteiger partial charge on any atom is -0.457 e. The predicted molar refractivity (Wildman–Crippen MR) is 217 cm³/mol. The number of rotatable bonds is 9. The molecule has 58 heavy (non-hydrogen) atoms. The van der Waals surface area contributed by atoms with Crippen LogP contribution in [0.5, 0.6) is 11.5 Å². The number of piperidine rings is 2. The summed E-state index contributed by atoms with van der Waals surface area (Å²) in [4.78, 5) is 57.3. The number of hydrogen-bond acceptors (Lipinski definition) is 12. The quantitative estimate of drug-likeness (QED) is 0.183. The standard InChI is InChI=1S/C43H47N11O4/c44-40-38-39(26-6-9-34(10-7-26)58-33-4-2-1-3-5-33)50-54(41(38)47-25-46-40)31-18-27-21-52(22-28(27)19-31)29-14-16-51(17-15-29)32-23-53(24-32)30-8-11-35(45-20-30)42(56)48-36-12-13-37(55)49-43(36)57/h1-11,20,25,27-29,31-32,36H,12-19,21-24H2,(H,48,56)(H2,44,46,47)(H,49,55,57). The van der Waals surface area contributed by atoms with Crippen molar-refractivity contribution in [2.24, 2.45) is 11.8 Å². The topological polar surface area (TPSA) is 177 Å². The first-order valence-corrected chi connectivity index (χ1v) is 20.5. The number of fused-ring (bicyclic) bond motifs is 2. The van der Waals surface area contributed by atoms with Crippen molar-refractivity contribution in [3.05, 3.63) is 84.9 Å². The van der Waals surface area contributed by atoms with Gasteiger partial charge in [0, 0.05) is 63.3 Å². The molecule has 4 N–H and O–H groups in total. The molecule has 5 fully saturated rings. The summed E-state index contributed by atoms with van der Waals surface area (Å²) in [6.07, 6.45) is 8.34. The van der Waals surface area contributed by atoms with Crippen molar-refractivity contribution in [1.82, 2.24) is 45.2 Å². The summed E-state index contributed by atoms with van der Waals surface area (Å²) in [5, 5.41) is 10.9. The molecule has 4 saturated heterocycles. The van der Waals surface area contributed by atoms with Crippen LogP contribution in [0.15, 0.2) is 79.3 Å². The van der Waals surface area contributed by atoms with Crippen molar-refractivity contribution >= 4 is 40.3 Å². The number of nitrogens with zero attached hydrogens (tertiary/aromatic N) is 8. The van der Waals surface area contributed by atoms with E-state index in [4.69, 9.17) is 20.6 Å². The normalized spacial score (nSPS) is 24.4. The van der Waals surface area contributed by atoms with Gasteiger partial charge in [0.05, 0.1) is 23.3 Å². The molecule has 15 nitrogen and oxygen atoms in total. The zero-order valence-electron chi connectivity index (χ0n) is 32.2. The maximum absolute atomic E-state index is 12.7. The average Bonchev–Trinajstić information content (AvgIpc) is 3.93. The van der Waals surface area contributed by atoms with Gasteiger partial charge in [0.2, 0.25) is 11.8 Å². The number of ether oxygens (including phenoxy) is 1. The van der Waals surface area contributed by atoms with Crippen LogP contribution in [0.2, 0.25) is 0 Å². The van der Waals surface area contributed by atoms with Crippen LogP contribution < -0.4 is 26.0 Å². The van der Waals surface area contributed by atoms with E-state index in [0.717, 1.165) is 91.6 Å². The number of para-hydroxylation sites is 1. The number of nitrogen functional groups attached to an aromatic ring is 1. The summed E-state index contributed by atoms with van der Waals surface area (Å²) >= 11 is 0. The molecule has 0 bridgehead atoms. The summed E-state index contributed by atoms with van der Waals surface area (Å²) in [7, 11) is 0. The Balaban J connectivity index is 0.708. The third-order valence-corrected chi connectivity index (χ3v) is 13.0. The second-order valence-electron chi connectivity index (χ2n) is 16.5. The molecule has 7 heterocycles. The van der Waals surface area contributed by atoms with Gasteiger partial charge in [-0.1, -0.05) is 18.2 Å². The van der Waals surface area contributed by atoms with E-state index in [1.54, 1.807) is 18.6 Å². The molecule has 10 rings (SSSR count). The first-order chi connectivity index (χ1) is 28.3. The van der Waals surface area contributed by atoms with E-state index in [0.29, 0.717) is 36.2 Å². The summed E-state index contributed by atoms with van der Waals surface area (Å²) < 4.78 is 8.16. The van der Waals surface area contributed by atoms with E-state index in [-0.39, 0.29) is 24.1 Å². The number of hydrogen-bond donors (Lipinski definition) is 3. The largest absolute Gasteiger partial charge is 0.457 e. The zero-order valence-corrected chi connectivity index (χ0v) is 32.2. The fourth-order valence-corrected chi connectivity index (χ4v) is 9.84. The Kier molecular flexibility index (Phi) is 9.48. The van der Waals surface area contributed by atoms with Crippen LogP contribution in [0.3, 0.4) is 0 Å². The fourth-order valence-electron chi connectivity index (χ4n) is 9.84. The number of carbonyl (C=O) groups is 3. The number of anilines is 2. The van der Waals surface area contributed by atoms with Gasteiger partial charge in [-0.05, 0) is 92.5 Å². The van der Waals surface area contributed by atoms with Crippen LogP contribution in [0.1, 0.15) is 55.1 Å². The van der Waals surface area contributed by atoms with E-state index in [9.17, 15) is 14.4 Å². The third-order valence-electron chi connectivity index (χ3n) is 13.0. The second kappa shape index (κ2) is 15.1. The molecule has 5 aliphatic rings. The van der Waals surface area contributed by atoms with Gasteiger partial charge in [0.15, 0.2) is 5.65 Å². The van der Waals surface area contributed by atoms with E-state index in [1.807, 2.05) is 60.7 Å². The van der Waals surface area contributed by atoms with E-state index in [1.165, 1.54) is 12.8 Å². The first-order valence-electron chi connectivity index (χ1n) is 20.5. The summed E-state index contributed by atoms with van der Waals surface area (Å²) in [6.45, 7) is 6.39. The van der Waals surface area contributed by atoms with Gasteiger partial charge in [0.1, 0.15) is 41.1 Å². The van der Waals surface area contributed by atoms with Gasteiger partial charge in [-0.15, -0.1) is 0 Å². The van der Waals surface area contributed by atoms with Gasteiger partial charge >= 0.3 is 0 Å². The van der Waals surface area contributed by atoms with Crippen LogP contribution in [0, 0.1) is 11.8 Å². The fraction of sp³-hybridized carbons (Fsp3) is 0.419. The van der Waals surface area contributed by atoms with Crippen molar-refractivity contribution in [2.75, 3.05) is 49.9 Å². The summed E-state index contributed by atoms with van der Waals surface area (Å²) in [6, 6.07) is 22.0. The van der Waals surface area contributed by atoms with Crippen molar-refractivity contribution in [2.45, 2.75) is 62.7 Å². The average molecular weight is 782 g/mol. The smallest absolute Gasteiger partial charge is 0.270 e. The Morgan fingerprint density at radius 2 is 1.53 bits per heavy atom. The molecule has 2 aromatic carbocycles. The number of nitrogens with two attached hydrogens (primary N) is 1. The summed E-state index contributed by atoms with van der Waals surface area (Å²) in [5.41, 5.74) is 10.3. The zero-order chi connectivity index (χ0) is 39.3. The van der Waals surface area contributed by atoms with Crippen LogP contribution >= 0.6 is 0 Å². The maximum Gasteiger partial charge on any atom is 0.270 e. The molecular formula is C43H47N11O4. The van der Waals surface area contributed by atoms with Crippen LogP contribution in [0.25, 0.3) is 22.3 Å². The number of amides is 3. The minimum atomic E-state index is -0.721. The molecule has 3 unspecified atom stereocenters. The summed E-state index contributed by atoms with van der Waals surface area (Å²) in [5.74, 6) is 2.08. The van der Waals surface area contributed by atoms with Crippen molar-refractivity contribution in [1.29, 1.82) is 0 Å². The van der Waals surface area contributed by atoms with Crippen LogP contribution in [-0.2, 0) is 9.59 Å². The van der Waals surface area contributed by atoms with Gasteiger partial charge in [0.25, 0.3) is 5.91 Å². The highest BCUT2D eigenvalue weighted by Gasteiger charge is 2.45. The highest BCUT2D eigenvalue weighted by atomic mass is 16.5. The lowest BCUT2D eigenvalue weighted by Crippen LogP contribution is -2.61. The molecule has 3 atom stereocenters. The van der Waals surface area contributed by atoms with E-state index in [2.05, 4.69) is 40.0 Å². The molecule has 298 valence electrons. The highest BCUT2D eigenvalue weighted by Crippen LogP contribution is 2.46. The molecule has 0 radical (unpaired) electrons. The van der Waals surface area contributed by atoms with Crippen molar-refractivity contribution in [3.63, 3.8) is 0 Å². The number of nitrogens with one attached hydrogen (secondary N) is 2. The number of imide groups is 1. The van der Waals surface area contributed by atoms with Gasteiger partial charge in [-0.25, -0.2) is 19.6 Å². The third kappa shape index (κ3) is 7.02. The maximum atomic E-state index is 12.7. The molecule has 4 aliphatic heterocycles. The molecule has 0 spiro atoms. The Bertz CT molecular complexity index is 2310. The Hall–Kier alpha value is -5.93. The Morgan fingerprint density at radius 1 is 0.793 bits per heavy atom. The lowest BCUT2D eigenvalue weighted by molar-refractivity contribution is -0.134. The van der Waals surface area contributed by atoms with Crippen LogP contribution in [0.4, 0.5) is 11.5 Å². The molecule has 1 aliphatic carbocycles. The Morgan fingerprint density at radius 3 is 2.24 bits per heavy atom. The van der Waals surface area contributed by atoms with Crippen LogP contribution in [-0.4, -0.2) is 110 Å². The van der Waals surface area contributed by atoms with Gasteiger partial charge in [-0.3, -0.25) is 29.5 Å². The Labute approximate surface area is 336 Å². The minimum absolute atomic E-state index is 0.210. The van der Waals surface area contributed by atoms with Crippen molar-refractivity contribution < 1.29 is 19.1 Å². The number of aromatic nitrogens is 5. The van der Waals surface area contributed by atoms with Gasteiger partial charge < -0.3 is 20.7 Å². The highest BCUT2D eigenvalue weighted by molar-refractivity contribution is 6.03. The first kappa shape index (κ1) is 36.4. The lowest BCUT2D eigenvalue weighted by Gasteiger charge is -2.49. The molecule has 3 aromatic heterocycles. The number of likely N-dealkylation sites (tertiary alicyclic amines) is 2. The molecular weight excluding hydrogens is 735 g/mol. The monoisotopic (exact) mass is 781 g/mol. The van der Waals surface area contributed by atoms with Crippen molar-refractivity contribution in [3.8, 4) is 22.8 Å². The molecule has 1 saturated carbocycles. The SMILES string of the molecule is Nc1ncnc2c1c(-c1ccc(Oc3ccccc3)cc1)nn2C1CC2CN(C3CCN(C4CN(c5ccc(C(=O)NC6CCC(=O)NC6=O)nc5)C4)CC3)CC2C1. The van der Waals surface area contributed by atoms with Gasteiger partial charge in [-0.2, -0.15) is 5.10 Å². The molecule has 3 amide bonds. The number of pyridine rings is 1. The number of carbonyl (C=O) groups excluding carboxylic acids is 3. The molecule has 5 aromatic rings. The van der Waals surface area contributed by atoms with E-state index < -0.39 is 17.9 Å².